The molecule has 0 heterocycles. The Morgan fingerprint density at radius 1 is 1.03 bits per heavy atom. The molecule has 174 valence electrons. The van der Waals surface area contributed by atoms with Crippen molar-refractivity contribution in [2.24, 2.45) is 5.41 Å². The first-order valence-electron chi connectivity index (χ1n) is 12.1. The molecule has 0 radical (unpaired) electrons. The second-order valence-electron chi connectivity index (χ2n) is 10.3. The van der Waals surface area contributed by atoms with Gasteiger partial charge in [0.25, 0.3) is 6.47 Å². The second-order valence-corrected chi connectivity index (χ2v) is 10.3. The number of carboxylic acid groups (broad SMARTS) is 1. The molecule has 31 heavy (non-hydrogen) atoms. The van der Waals surface area contributed by atoms with Crippen LogP contribution in [0.3, 0.4) is 0 Å². The third-order valence-electron chi connectivity index (χ3n) is 7.36. The Morgan fingerprint density at radius 2 is 1.68 bits per heavy atom. The molecule has 0 bridgehead atoms. The van der Waals surface area contributed by atoms with Gasteiger partial charge in [-0.1, -0.05) is 25.3 Å². The standard InChI is InChI=1S/C27H42O4/c1-20-18-23(12-8-6-7-10-14-26(4,5)25(29)30)22(3)24(21(20)2)13-9-11-15-27(16-17-27)31-19-28/h18-19H,6-17H2,1-5H3,(H,29,30). The molecule has 0 aliphatic heterocycles. The van der Waals surface area contributed by atoms with Crippen LogP contribution in [-0.4, -0.2) is 23.1 Å². The summed E-state index contributed by atoms with van der Waals surface area (Å²) in [5.74, 6) is -0.700. The molecule has 0 atom stereocenters. The SMILES string of the molecule is Cc1cc(CCCCCCC(C)(C)C(=O)O)c(C)c(CCCCC2(OC=O)CC2)c1C. The fraction of sp³-hybridized carbons (Fsp3) is 0.704. The van der Waals surface area contributed by atoms with Gasteiger partial charge in [-0.3, -0.25) is 9.59 Å². The highest BCUT2D eigenvalue weighted by Crippen LogP contribution is 2.43. The smallest absolute Gasteiger partial charge is 0.309 e. The molecule has 0 amide bonds. The highest BCUT2D eigenvalue weighted by Gasteiger charge is 2.44. The van der Waals surface area contributed by atoms with Crippen LogP contribution in [-0.2, 0) is 27.2 Å². The summed E-state index contributed by atoms with van der Waals surface area (Å²) in [7, 11) is 0. The van der Waals surface area contributed by atoms with Gasteiger partial charge < -0.3 is 9.84 Å². The summed E-state index contributed by atoms with van der Waals surface area (Å²) in [5, 5.41) is 9.22. The van der Waals surface area contributed by atoms with Crippen molar-refractivity contribution < 1.29 is 19.4 Å². The molecule has 1 aromatic rings. The molecular weight excluding hydrogens is 388 g/mol. The van der Waals surface area contributed by atoms with Crippen LogP contribution in [0, 0.1) is 26.2 Å². The normalized spacial score (nSPS) is 15.0. The minimum atomic E-state index is -0.700. The molecule has 1 aromatic carbocycles. The number of carbonyl (C=O) groups is 2. The van der Waals surface area contributed by atoms with E-state index in [9.17, 15) is 14.7 Å². The number of hydrogen-bond donors (Lipinski definition) is 1. The van der Waals surface area contributed by atoms with Crippen LogP contribution < -0.4 is 0 Å². The predicted molar refractivity (Wildman–Crippen MR) is 126 cm³/mol. The molecule has 0 unspecified atom stereocenters. The van der Waals surface area contributed by atoms with Crippen molar-refractivity contribution in [2.45, 2.75) is 117 Å². The Morgan fingerprint density at radius 3 is 2.29 bits per heavy atom. The third-order valence-corrected chi connectivity index (χ3v) is 7.36. The van der Waals surface area contributed by atoms with Crippen LogP contribution >= 0.6 is 0 Å². The van der Waals surface area contributed by atoms with E-state index in [2.05, 4.69) is 26.8 Å². The highest BCUT2D eigenvalue weighted by molar-refractivity contribution is 5.73. The number of carboxylic acids is 1. The number of hydrogen-bond acceptors (Lipinski definition) is 3. The Balaban J connectivity index is 1.81. The minimum absolute atomic E-state index is 0.136. The maximum Gasteiger partial charge on any atom is 0.309 e. The third kappa shape index (κ3) is 7.36. The van der Waals surface area contributed by atoms with E-state index in [0.717, 1.165) is 77.0 Å². The molecule has 2 rings (SSSR count). The van der Waals surface area contributed by atoms with Crippen molar-refractivity contribution in [3.63, 3.8) is 0 Å². The van der Waals surface area contributed by atoms with Crippen LogP contribution in [0.1, 0.15) is 106 Å². The van der Waals surface area contributed by atoms with Gasteiger partial charge in [0.2, 0.25) is 0 Å². The summed E-state index contributed by atoms with van der Waals surface area (Å²) in [6, 6.07) is 2.36. The van der Waals surface area contributed by atoms with Crippen LogP contribution in [0.25, 0.3) is 0 Å². The number of aryl methyl sites for hydroxylation is 2. The molecule has 4 nitrogen and oxygen atoms in total. The van der Waals surface area contributed by atoms with E-state index >= 15 is 0 Å². The average molecular weight is 431 g/mol. The van der Waals surface area contributed by atoms with Crippen molar-refractivity contribution >= 4 is 12.4 Å². The van der Waals surface area contributed by atoms with Crippen molar-refractivity contribution in [1.82, 2.24) is 0 Å². The van der Waals surface area contributed by atoms with Gasteiger partial charge in [-0.2, -0.15) is 0 Å². The van der Waals surface area contributed by atoms with E-state index in [1.165, 1.54) is 27.8 Å². The Labute approximate surface area is 188 Å². The molecule has 4 heteroatoms. The van der Waals surface area contributed by atoms with E-state index in [1.807, 2.05) is 13.8 Å². The molecule has 0 saturated heterocycles. The van der Waals surface area contributed by atoms with E-state index in [0.29, 0.717) is 6.47 Å². The first kappa shape index (κ1) is 25.4. The fourth-order valence-electron chi connectivity index (χ4n) is 4.59. The van der Waals surface area contributed by atoms with Gasteiger partial charge in [0.1, 0.15) is 5.60 Å². The first-order chi connectivity index (χ1) is 14.6. The summed E-state index contributed by atoms with van der Waals surface area (Å²) in [6.07, 6.45) is 12.6. The van der Waals surface area contributed by atoms with Gasteiger partial charge in [-0.25, -0.2) is 0 Å². The minimum Gasteiger partial charge on any atom is -0.481 e. The Bertz CT molecular complexity index is 759. The summed E-state index contributed by atoms with van der Waals surface area (Å²) < 4.78 is 5.27. The number of benzene rings is 1. The molecule has 0 spiro atoms. The summed E-state index contributed by atoms with van der Waals surface area (Å²) in [6.45, 7) is 11.0. The summed E-state index contributed by atoms with van der Waals surface area (Å²) >= 11 is 0. The zero-order valence-electron chi connectivity index (χ0n) is 20.3. The van der Waals surface area contributed by atoms with Crippen LogP contribution in [0.2, 0.25) is 0 Å². The molecule has 0 aromatic heterocycles. The van der Waals surface area contributed by atoms with E-state index < -0.39 is 11.4 Å². The summed E-state index contributed by atoms with van der Waals surface area (Å²) in [5.41, 5.74) is 6.46. The summed E-state index contributed by atoms with van der Waals surface area (Å²) in [4.78, 5) is 21.9. The van der Waals surface area contributed by atoms with Crippen molar-refractivity contribution in [1.29, 1.82) is 0 Å². The number of carbonyl (C=O) groups excluding carboxylic acids is 1. The van der Waals surface area contributed by atoms with Crippen LogP contribution in [0.5, 0.6) is 0 Å². The van der Waals surface area contributed by atoms with E-state index in [4.69, 9.17) is 4.74 Å². The lowest BCUT2D eigenvalue weighted by Gasteiger charge is -2.19. The van der Waals surface area contributed by atoms with Crippen molar-refractivity contribution in [3.8, 4) is 0 Å². The lowest BCUT2D eigenvalue weighted by atomic mass is 9.86. The van der Waals surface area contributed by atoms with Gasteiger partial charge in [0, 0.05) is 0 Å². The highest BCUT2D eigenvalue weighted by atomic mass is 16.5. The zero-order valence-corrected chi connectivity index (χ0v) is 20.3. The molecular formula is C27H42O4. The van der Waals surface area contributed by atoms with E-state index in [1.54, 1.807) is 0 Å². The number of ether oxygens (including phenoxy) is 1. The van der Waals surface area contributed by atoms with Gasteiger partial charge in [0.05, 0.1) is 5.41 Å². The molecule has 1 saturated carbocycles. The maximum absolute atomic E-state index is 11.2. The van der Waals surface area contributed by atoms with Crippen LogP contribution in [0.4, 0.5) is 0 Å². The Kier molecular flexibility index (Phi) is 9.14. The second kappa shape index (κ2) is 11.2. The largest absolute Gasteiger partial charge is 0.481 e. The zero-order chi connectivity index (χ0) is 23.1. The monoisotopic (exact) mass is 430 g/mol. The fourth-order valence-corrected chi connectivity index (χ4v) is 4.59. The molecule has 1 fully saturated rings. The van der Waals surface area contributed by atoms with Crippen molar-refractivity contribution in [3.05, 3.63) is 33.9 Å². The first-order valence-corrected chi connectivity index (χ1v) is 12.1. The lowest BCUT2D eigenvalue weighted by molar-refractivity contribution is -0.147. The van der Waals surface area contributed by atoms with E-state index in [-0.39, 0.29) is 5.60 Å². The molecule has 1 aliphatic carbocycles. The molecule has 1 N–H and O–H groups in total. The average Bonchev–Trinajstić information content (AvgIpc) is 3.47. The lowest BCUT2D eigenvalue weighted by Crippen LogP contribution is -2.23. The van der Waals surface area contributed by atoms with Gasteiger partial charge in [0.15, 0.2) is 0 Å². The topological polar surface area (TPSA) is 63.6 Å². The molecule has 1 aliphatic rings. The predicted octanol–water partition coefficient (Wildman–Crippen LogP) is 6.63. The van der Waals surface area contributed by atoms with Gasteiger partial charge >= 0.3 is 5.97 Å². The van der Waals surface area contributed by atoms with Crippen molar-refractivity contribution in [2.75, 3.05) is 0 Å². The maximum atomic E-state index is 11.2. The van der Waals surface area contributed by atoms with Gasteiger partial charge in [-0.05, 0) is 120 Å². The van der Waals surface area contributed by atoms with Gasteiger partial charge in [-0.15, -0.1) is 0 Å². The van der Waals surface area contributed by atoms with Crippen LogP contribution in [0.15, 0.2) is 6.07 Å². The number of unbranched alkanes of at least 4 members (excludes halogenated alkanes) is 4. The Hall–Kier alpha value is -1.84. The number of aliphatic carboxylic acids is 1. The quantitative estimate of drug-likeness (QED) is 0.250. The number of rotatable bonds is 15.